The first kappa shape index (κ1) is 8.90. The van der Waals surface area contributed by atoms with Crippen molar-refractivity contribution in [1.82, 2.24) is 9.59 Å². The molecule has 2 unspecified atom stereocenters. The number of rotatable bonds is 2. The number of nitrogens with two attached hydrogens (primary N) is 1. The van der Waals surface area contributed by atoms with E-state index in [0.29, 0.717) is 12.1 Å². The largest absolute Gasteiger partial charge is 0.372 e. The summed E-state index contributed by atoms with van der Waals surface area (Å²) < 4.78 is 3.80. The van der Waals surface area contributed by atoms with E-state index in [9.17, 15) is 0 Å². The number of aromatic nitrogens is 2. The van der Waals surface area contributed by atoms with Gasteiger partial charge in [0.1, 0.15) is 5.00 Å². The molecule has 0 radical (unpaired) electrons. The lowest BCUT2D eigenvalue weighted by Crippen LogP contribution is -2.34. The fraction of sp³-hybridized carbons (Fsp3) is 0.750. The van der Waals surface area contributed by atoms with Gasteiger partial charge in [-0.2, -0.15) is 0 Å². The van der Waals surface area contributed by atoms with Crippen LogP contribution in [0.25, 0.3) is 0 Å². The van der Waals surface area contributed by atoms with E-state index < -0.39 is 0 Å². The summed E-state index contributed by atoms with van der Waals surface area (Å²) in [6.07, 6.45) is 6.44. The molecule has 2 rings (SSSR count). The predicted molar refractivity (Wildman–Crippen MR) is 53.8 cm³/mol. The third-order valence-electron chi connectivity index (χ3n) is 2.42. The summed E-state index contributed by atoms with van der Waals surface area (Å²) in [5.41, 5.74) is 5.89. The van der Waals surface area contributed by atoms with Crippen LogP contribution in [0.3, 0.4) is 0 Å². The van der Waals surface area contributed by atoms with Crippen LogP contribution < -0.4 is 11.1 Å². The zero-order chi connectivity index (χ0) is 9.10. The van der Waals surface area contributed by atoms with Crippen LogP contribution in [0, 0.1) is 0 Å². The van der Waals surface area contributed by atoms with Crippen molar-refractivity contribution in [2.45, 2.75) is 37.8 Å². The molecule has 0 spiro atoms. The number of hydrogen-bond acceptors (Lipinski definition) is 5. The second-order valence-electron chi connectivity index (χ2n) is 3.55. The van der Waals surface area contributed by atoms with E-state index in [0.717, 1.165) is 11.4 Å². The Morgan fingerprint density at radius 1 is 1.54 bits per heavy atom. The first-order valence-electron chi connectivity index (χ1n) is 4.64. The lowest BCUT2D eigenvalue weighted by atomic mass is 9.92. The summed E-state index contributed by atoms with van der Waals surface area (Å²) >= 11 is 1.40. The minimum absolute atomic E-state index is 0.368. The third kappa shape index (κ3) is 2.38. The average Bonchev–Trinajstić information content (AvgIpc) is 2.57. The van der Waals surface area contributed by atoms with Gasteiger partial charge in [-0.25, -0.2) is 0 Å². The quantitative estimate of drug-likeness (QED) is 0.750. The van der Waals surface area contributed by atoms with Crippen molar-refractivity contribution in [3.05, 3.63) is 6.20 Å². The Morgan fingerprint density at radius 3 is 3.15 bits per heavy atom. The molecule has 1 aliphatic carbocycles. The van der Waals surface area contributed by atoms with Crippen molar-refractivity contribution < 1.29 is 0 Å². The Hall–Kier alpha value is -0.680. The highest BCUT2D eigenvalue weighted by atomic mass is 32.1. The molecule has 0 bridgehead atoms. The molecule has 5 heteroatoms. The number of nitrogens with zero attached hydrogens (tertiary/aromatic N) is 2. The van der Waals surface area contributed by atoms with Gasteiger partial charge in [0.25, 0.3) is 0 Å². The highest BCUT2D eigenvalue weighted by Crippen LogP contribution is 2.21. The topological polar surface area (TPSA) is 63.8 Å². The zero-order valence-electron chi connectivity index (χ0n) is 7.44. The summed E-state index contributed by atoms with van der Waals surface area (Å²) in [4.78, 5) is 0. The summed E-state index contributed by atoms with van der Waals surface area (Å²) in [6.45, 7) is 0. The zero-order valence-corrected chi connectivity index (χ0v) is 8.26. The molecule has 0 aromatic carbocycles. The lowest BCUT2D eigenvalue weighted by molar-refractivity contribution is 0.410. The maximum atomic E-state index is 5.89. The molecule has 4 nitrogen and oxygen atoms in total. The van der Waals surface area contributed by atoms with Gasteiger partial charge < -0.3 is 11.1 Å². The van der Waals surface area contributed by atoms with E-state index in [-0.39, 0.29) is 0 Å². The Balaban J connectivity index is 1.87. The van der Waals surface area contributed by atoms with Crippen molar-refractivity contribution in [1.29, 1.82) is 0 Å². The maximum Gasteiger partial charge on any atom is 0.130 e. The molecule has 1 heterocycles. The first-order valence-corrected chi connectivity index (χ1v) is 5.41. The molecule has 13 heavy (non-hydrogen) atoms. The Morgan fingerprint density at radius 2 is 2.46 bits per heavy atom. The fourth-order valence-corrected chi connectivity index (χ4v) is 2.29. The Labute approximate surface area is 81.7 Å². The van der Waals surface area contributed by atoms with E-state index in [2.05, 4.69) is 14.9 Å². The van der Waals surface area contributed by atoms with Crippen LogP contribution >= 0.6 is 11.5 Å². The molecule has 1 saturated carbocycles. The van der Waals surface area contributed by atoms with Gasteiger partial charge in [0.15, 0.2) is 0 Å². The van der Waals surface area contributed by atoms with E-state index in [1.807, 2.05) is 0 Å². The number of hydrogen-bond donors (Lipinski definition) is 2. The van der Waals surface area contributed by atoms with Gasteiger partial charge in [-0.15, -0.1) is 5.10 Å². The highest BCUT2D eigenvalue weighted by molar-refractivity contribution is 7.09. The van der Waals surface area contributed by atoms with Crippen molar-refractivity contribution >= 4 is 16.5 Å². The van der Waals surface area contributed by atoms with Crippen LogP contribution in [0.1, 0.15) is 25.7 Å². The van der Waals surface area contributed by atoms with Crippen molar-refractivity contribution in [3.63, 3.8) is 0 Å². The molecule has 1 fully saturated rings. The SMILES string of the molecule is NC1CCCC(Nc2cnns2)C1. The molecule has 1 aromatic rings. The van der Waals surface area contributed by atoms with Gasteiger partial charge in [-0.05, 0) is 25.7 Å². The van der Waals surface area contributed by atoms with Gasteiger partial charge in [0.2, 0.25) is 0 Å². The van der Waals surface area contributed by atoms with Gasteiger partial charge in [-0.1, -0.05) is 4.49 Å². The highest BCUT2D eigenvalue weighted by Gasteiger charge is 2.19. The normalized spacial score (nSPS) is 28.7. The second kappa shape index (κ2) is 4.02. The minimum atomic E-state index is 0.368. The van der Waals surface area contributed by atoms with E-state index in [4.69, 9.17) is 5.73 Å². The summed E-state index contributed by atoms with van der Waals surface area (Å²) in [5.74, 6) is 0. The Bertz CT molecular complexity index is 249. The molecule has 1 aromatic heterocycles. The number of nitrogens with one attached hydrogen (secondary N) is 1. The van der Waals surface area contributed by atoms with Gasteiger partial charge in [0.05, 0.1) is 6.20 Å². The average molecular weight is 198 g/mol. The first-order chi connectivity index (χ1) is 6.34. The van der Waals surface area contributed by atoms with Crippen molar-refractivity contribution in [3.8, 4) is 0 Å². The number of anilines is 1. The van der Waals surface area contributed by atoms with Crippen molar-refractivity contribution in [2.75, 3.05) is 5.32 Å². The Kier molecular flexibility index (Phi) is 2.75. The second-order valence-corrected chi connectivity index (χ2v) is 4.34. The molecule has 0 amide bonds. The lowest BCUT2D eigenvalue weighted by Gasteiger charge is -2.27. The molecule has 0 saturated heterocycles. The molecular formula is C8H14N4S. The minimum Gasteiger partial charge on any atom is -0.372 e. The van der Waals surface area contributed by atoms with Gasteiger partial charge >= 0.3 is 0 Å². The molecular weight excluding hydrogens is 184 g/mol. The standard InChI is InChI=1S/C8H14N4S/c9-6-2-1-3-7(4-6)11-8-5-10-12-13-8/h5-7,11H,1-4,9H2. The fourth-order valence-electron chi connectivity index (χ4n) is 1.79. The van der Waals surface area contributed by atoms with Crippen molar-refractivity contribution in [2.24, 2.45) is 5.73 Å². The van der Waals surface area contributed by atoms with Gasteiger partial charge in [-0.3, -0.25) is 0 Å². The molecule has 2 atom stereocenters. The third-order valence-corrected chi connectivity index (χ3v) is 3.02. The monoisotopic (exact) mass is 198 g/mol. The van der Waals surface area contributed by atoms with Crippen LogP contribution in [-0.4, -0.2) is 21.7 Å². The molecule has 72 valence electrons. The summed E-state index contributed by atoms with van der Waals surface area (Å²) in [5, 5.41) is 8.24. The van der Waals surface area contributed by atoms with E-state index in [1.54, 1.807) is 6.20 Å². The van der Waals surface area contributed by atoms with E-state index in [1.165, 1.54) is 30.8 Å². The van der Waals surface area contributed by atoms with E-state index >= 15 is 0 Å². The van der Waals surface area contributed by atoms with Gasteiger partial charge in [0, 0.05) is 23.6 Å². The summed E-state index contributed by atoms with van der Waals surface area (Å²) in [7, 11) is 0. The van der Waals surface area contributed by atoms with Crippen LogP contribution in [-0.2, 0) is 0 Å². The smallest absolute Gasteiger partial charge is 0.130 e. The molecule has 0 aliphatic heterocycles. The maximum absolute atomic E-state index is 5.89. The van der Waals surface area contributed by atoms with Crippen LogP contribution in [0.5, 0.6) is 0 Å². The van der Waals surface area contributed by atoms with Crippen LogP contribution in [0.4, 0.5) is 5.00 Å². The molecule has 1 aliphatic rings. The molecule has 3 N–H and O–H groups in total. The predicted octanol–water partition coefficient (Wildman–Crippen LogP) is 1.22. The van der Waals surface area contributed by atoms with Crippen LogP contribution in [0.15, 0.2) is 6.20 Å². The van der Waals surface area contributed by atoms with Crippen LogP contribution in [0.2, 0.25) is 0 Å². The summed E-state index contributed by atoms with van der Waals surface area (Å²) in [6, 6.07) is 0.887.